The van der Waals surface area contributed by atoms with Gasteiger partial charge in [0, 0.05) is 4.47 Å². The van der Waals surface area contributed by atoms with E-state index in [1.54, 1.807) is 6.07 Å². The van der Waals surface area contributed by atoms with Gasteiger partial charge in [0.05, 0.1) is 15.8 Å². The maximum absolute atomic E-state index is 11.6. The average molecular weight is 351 g/mol. The van der Waals surface area contributed by atoms with Crippen LogP contribution >= 0.6 is 43.6 Å². The minimum absolute atomic E-state index is 0.0347. The maximum Gasteiger partial charge on any atom is 0.177 e. The monoisotopic (exact) mass is 349 g/mol. The molecule has 1 rings (SSSR count). The Kier molecular flexibility index (Phi) is 4.64. The highest BCUT2D eigenvalue weighted by atomic mass is 79.9. The molecule has 0 saturated carbocycles. The van der Waals surface area contributed by atoms with E-state index in [0.717, 1.165) is 11.8 Å². The van der Waals surface area contributed by atoms with Crippen LogP contribution in [-0.2, 0) is 0 Å². The second-order valence-corrected chi connectivity index (χ2v) is 5.12. The molecule has 0 amide bonds. The summed E-state index contributed by atoms with van der Waals surface area (Å²) in [5.41, 5.74) is 0.207. The number of nitriles is 1. The summed E-state index contributed by atoms with van der Waals surface area (Å²) in [6, 6.07) is 3.17. The van der Waals surface area contributed by atoms with Gasteiger partial charge in [-0.05, 0) is 39.8 Å². The molecule has 6 heteroatoms. The maximum atomic E-state index is 11.6. The van der Waals surface area contributed by atoms with E-state index in [4.69, 9.17) is 5.26 Å². The van der Waals surface area contributed by atoms with Crippen molar-refractivity contribution in [3.63, 3.8) is 0 Å². The van der Waals surface area contributed by atoms with Gasteiger partial charge in [0.25, 0.3) is 0 Å². The number of thiocyanates is 1. The SMILES string of the molecule is N#CSCC(=O)c1cc(Br)cc(Br)c1O. The molecule has 0 heterocycles. The number of phenols is 1. The number of rotatable bonds is 3. The van der Waals surface area contributed by atoms with E-state index in [0.29, 0.717) is 8.95 Å². The highest BCUT2D eigenvalue weighted by Crippen LogP contribution is 2.32. The third-order valence-corrected chi connectivity index (χ3v) is 3.19. The molecule has 1 N–H and O–H groups in total. The summed E-state index contributed by atoms with van der Waals surface area (Å²) in [7, 11) is 0. The molecule has 0 fully saturated rings. The number of carbonyl (C=O) groups excluding carboxylic acids is 1. The molecule has 0 spiro atoms. The Balaban J connectivity index is 3.04. The number of halogens is 2. The lowest BCUT2D eigenvalue weighted by Gasteiger charge is -2.05. The minimum Gasteiger partial charge on any atom is -0.506 e. The normalized spacial score (nSPS) is 9.67. The topological polar surface area (TPSA) is 61.1 Å². The molecule has 0 atom stereocenters. The summed E-state index contributed by atoms with van der Waals surface area (Å²) in [6.45, 7) is 0. The highest BCUT2D eigenvalue weighted by molar-refractivity contribution is 9.11. The van der Waals surface area contributed by atoms with Gasteiger partial charge >= 0.3 is 0 Å². The van der Waals surface area contributed by atoms with Crippen molar-refractivity contribution in [2.24, 2.45) is 0 Å². The van der Waals surface area contributed by atoms with Crippen LogP contribution in [0.3, 0.4) is 0 Å². The Bertz CT molecular complexity index is 442. The predicted molar refractivity (Wildman–Crippen MR) is 65.9 cm³/mol. The summed E-state index contributed by atoms with van der Waals surface area (Å²) in [4.78, 5) is 11.6. The van der Waals surface area contributed by atoms with Gasteiger partial charge in [-0.1, -0.05) is 15.9 Å². The van der Waals surface area contributed by atoms with Gasteiger partial charge in [0.1, 0.15) is 11.2 Å². The van der Waals surface area contributed by atoms with Crippen molar-refractivity contribution in [1.82, 2.24) is 0 Å². The molecule has 3 nitrogen and oxygen atoms in total. The van der Waals surface area contributed by atoms with Crippen molar-refractivity contribution in [3.8, 4) is 11.2 Å². The number of ketones is 1. The first-order valence-electron chi connectivity index (χ1n) is 3.78. The van der Waals surface area contributed by atoms with Crippen LogP contribution in [0.15, 0.2) is 21.1 Å². The first-order chi connectivity index (χ1) is 7.06. The number of phenolic OH excluding ortho intramolecular Hbond substituents is 1. The highest BCUT2D eigenvalue weighted by Gasteiger charge is 2.14. The van der Waals surface area contributed by atoms with E-state index in [9.17, 15) is 9.90 Å². The van der Waals surface area contributed by atoms with Crippen LogP contribution in [0.1, 0.15) is 10.4 Å². The number of thioether (sulfide) groups is 1. The summed E-state index contributed by atoms with van der Waals surface area (Å²) < 4.78 is 1.14. The van der Waals surface area contributed by atoms with Gasteiger partial charge in [-0.15, -0.1) is 0 Å². The van der Waals surface area contributed by atoms with Crippen LogP contribution in [0.4, 0.5) is 0 Å². The van der Waals surface area contributed by atoms with E-state index in [2.05, 4.69) is 31.9 Å². The van der Waals surface area contributed by atoms with Crippen molar-refractivity contribution in [2.45, 2.75) is 0 Å². The molecule has 1 aromatic rings. The van der Waals surface area contributed by atoms with Gasteiger partial charge in [0.2, 0.25) is 0 Å². The van der Waals surface area contributed by atoms with Gasteiger partial charge in [0.15, 0.2) is 5.78 Å². The van der Waals surface area contributed by atoms with E-state index in [1.807, 2.05) is 5.40 Å². The fourth-order valence-electron chi connectivity index (χ4n) is 0.954. The second-order valence-electron chi connectivity index (χ2n) is 2.59. The van der Waals surface area contributed by atoms with Crippen molar-refractivity contribution < 1.29 is 9.90 Å². The number of benzene rings is 1. The van der Waals surface area contributed by atoms with Crippen molar-refractivity contribution in [3.05, 3.63) is 26.6 Å². The second kappa shape index (κ2) is 5.54. The Morgan fingerprint density at radius 2 is 2.20 bits per heavy atom. The fourth-order valence-corrected chi connectivity index (χ4v) is 2.53. The van der Waals surface area contributed by atoms with Gasteiger partial charge in [-0.25, -0.2) is 0 Å². The molecule has 0 aliphatic carbocycles. The molecule has 0 saturated heterocycles. The van der Waals surface area contributed by atoms with Crippen LogP contribution in [0, 0.1) is 10.7 Å². The zero-order valence-electron chi connectivity index (χ0n) is 7.33. The van der Waals surface area contributed by atoms with Crippen molar-refractivity contribution in [1.29, 1.82) is 5.26 Å². The summed E-state index contributed by atoms with van der Waals surface area (Å²) in [5, 5.41) is 19.7. The smallest absolute Gasteiger partial charge is 0.177 e. The third-order valence-electron chi connectivity index (χ3n) is 1.60. The largest absolute Gasteiger partial charge is 0.506 e. The fraction of sp³-hybridized carbons (Fsp3) is 0.111. The molecule has 0 bridgehead atoms. The standard InChI is InChI=1S/C9H5Br2NO2S/c10-5-1-6(8(13)3-15-4-12)9(14)7(11)2-5/h1-2,14H,3H2. The summed E-state index contributed by atoms with van der Waals surface area (Å²) >= 11 is 7.19. The molecule has 0 aromatic heterocycles. The van der Waals surface area contributed by atoms with Crippen LogP contribution < -0.4 is 0 Å². The van der Waals surface area contributed by atoms with Crippen molar-refractivity contribution in [2.75, 3.05) is 5.75 Å². The van der Waals surface area contributed by atoms with Crippen LogP contribution in [-0.4, -0.2) is 16.6 Å². The van der Waals surface area contributed by atoms with Crippen molar-refractivity contribution >= 4 is 49.4 Å². The number of Topliss-reactive ketones (excluding diaryl/α,β-unsaturated/α-hetero) is 1. The van der Waals surface area contributed by atoms with Crippen LogP contribution in [0.5, 0.6) is 5.75 Å². The molecular weight excluding hydrogens is 346 g/mol. The van der Waals surface area contributed by atoms with Crippen LogP contribution in [0.2, 0.25) is 0 Å². The number of carbonyl (C=O) groups is 1. The lowest BCUT2D eigenvalue weighted by molar-refractivity contribution is 0.102. The van der Waals surface area contributed by atoms with Gasteiger partial charge < -0.3 is 5.11 Å². The molecule has 0 radical (unpaired) electrons. The van der Waals surface area contributed by atoms with E-state index in [1.165, 1.54) is 6.07 Å². The number of nitrogens with zero attached hydrogens (tertiary/aromatic N) is 1. The molecule has 78 valence electrons. The zero-order chi connectivity index (χ0) is 11.4. The quantitative estimate of drug-likeness (QED) is 0.671. The summed E-state index contributed by atoms with van der Waals surface area (Å²) in [6.07, 6.45) is 0. The summed E-state index contributed by atoms with van der Waals surface area (Å²) in [5.74, 6) is -0.338. The Hall–Kier alpha value is -0.510. The third kappa shape index (κ3) is 3.23. The Morgan fingerprint density at radius 3 is 2.80 bits per heavy atom. The van der Waals surface area contributed by atoms with Gasteiger partial charge in [-0.2, -0.15) is 5.26 Å². The number of hydrogen-bond acceptors (Lipinski definition) is 4. The first-order valence-corrected chi connectivity index (χ1v) is 6.35. The zero-order valence-corrected chi connectivity index (χ0v) is 11.3. The molecule has 0 aliphatic heterocycles. The number of hydrogen-bond donors (Lipinski definition) is 1. The van der Waals surface area contributed by atoms with Gasteiger partial charge in [-0.3, -0.25) is 4.79 Å². The van der Waals surface area contributed by atoms with Crippen LogP contribution in [0.25, 0.3) is 0 Å². The van der Waals surface area contributed by atoms with E-state index < -0.39 is 0 Å². The molecule has 0 unspecified atom stereocenters. The Labute approximate surface area is 108 Å². The molecule has 15 heavy (non-hydrogen) atoms. The lowest BCUT2D eigenvalue weighted by Crippen LogP contribution is -2.02. The molecule has 1 aromatic carbocycles. The van der Waals surface area contributed by atoms with E-state index >= 15 is 0 Å². The average Bonchev–Trinajstić information content (AvgIpc) is 2.19. The molecule has 0 aliphatic rings. The Morgan fingerprint density at radius 1 is 1.53 bits per heavy atom. The van der Waals surface area contributed by atoms with E-state index in [-0.39, 0.29) is 22.8 Å². The first kappa shape index (κ1) is 12.6. The molecular formula is C9H5Br2NO2S. The lowest BCUT2D eigenvalue weighted by atomic mass is 10.1. The number of aromatic hydroxyl groups is 1. The predicted octanol–water partition coefficient (Wildman–Crippen LogP) is 3.31. The minimum atomic E-state index is -0.277.